The van der Waals surface area contributed by atoms with Crippen LogP contribution in [0.4, 0.5) is 10.6 Å². The number of carbonyl (C=O) groups is 2. The summed E-state index contributed by atoms with van der Waals surface area (Å²) in [7, 11) is 0. The minimum absolute atomic E-state index is 0.0679. The molecule has 0 aliphatic carbocycles. The van der Waals surface area contributed by atoms with E-state index in [9.17, 15) is 9.59 Å². The lowest BCUT2D eigenvalue weighted by atomic mass is 10.0. The van der Waals surface area contributed by atoms with Crippen molar-refractivity contribution in [2.24, 2.45) is 5.73 Å². The molecule has 11 heteroatoms. The molecule has 3 N–H and O–H groups in total. The minimum atomic E-state index is -0.582. The van der Waals surface area contributed by atoms with Crippen molar-refractivity contribution in [1.82, 2.24) is 24.8 Å². The summed E-state index contributed by atoms with van der Waals surface area (Å²) in [5, 5.41) is 3.45. The smallest absolute Gasteiger partial charge is 0.410 e. The summed E-state index contributed by atoms with van der Waals surface area (Å²) < 4.78 is 11.3. The number of carbonyl (C=O) groups excluding carboxylic acids is 2. The van der Waals surface area contributed by atoms with Gasteiger partial charge in [-0.15, -0.1) is 0 Å². The molecular weight excluding hydrogens is 534 g/mol. The van der Waals surface area contributed by atoms with Crippen LogP contribution in [0.1, 0.15) is 62.4 Å². The number of pyridine rings is 1. The zero-order valence-electron chi connectivity index (χ0n) is 24.5. The fourth-order valence-corrected chi connectivity index (χ4v) is 6.22. The van der Waals surface area contributed by atoms with Crippen molar-refractivity contribution >= 4 is 28.9 Å². The van der Waals surface area contributed by atoms with Gasteiger partial charge in [-0.05, 0) is 58.1 Å². The largest absolute Gasteiger partial charge is 0.444 e. The summed E-state index contributed by atoms with van der Waals surface area (Å²) in [6.45, 7) is 9.19. The summed E-state index contributed by atoms with van der Waals surface area (Å²) in [6.07, 6.45) is 5.13. The molecule has 2 bridgehead atoms. The van der Waals surface area contributed by atoms with E-state index in [1.165, 1.54) is 24.7 Å². The second kappa shape index (κ2) is 11.4. The van der Waals surface area contributed by atoms with Crippen LogP contribution in [0, 0.1) is 0 Å². The van der Waals surface area contributed by atoms with E-state index in [0.717, 1.165) is 38.2 Å². The molecule has 3 atom stereocenters. The summed E-state index contributed by atoms with van der Waals surface area (Å²) >= 11 is 0. The number of aromatic nitrogens is 3. The first-order chi connectivity index (χ1) is 20.1. The number of ether oxygens (including phenoxy) is 2. The molecular formula is C31H39N7O4. The number of hydrogen-bond acceptors (Lipinski definition) is 9. The van der Waals surface area contributed by atoms with Crippen molar-refractivity contribution in [2.75, 3.05) is 31.6 Å². The van der Waals surface area contributed by atoms with E-state index in [-0.39, 0.29) is 17.7 Å². The Labute approximate surface area is 245 Å². The number of anilines is 1. The first kappa shape index (κ1) is 28.3. The van der Waals surface area contributed by atoms with Gasteiger partial charge in [0, 0.05) is 43.3 Å². The van der Waals surface area contributed by atoms with E-state index in [0.29, 0.717) is 47.7 Å². The molecule has 0 spiro atoms. The summed E-state index contributed by atoms with van der Waals surface area (Å²) in [4.78, 5) is 43.2. The van der Waals surface area contributed by atoms with Crippen LogP contribution in [0.3, 0.4) is 0 Å². The third-order valence-corrected chi connectivity index (χ3v) is 8.28. The zero-order chi connectivity index (χ0) is 29.4. The topological polar surface area (TPSA) is 136 Å². The number of benzene rings is 1. The predicted octanol–water partition coefficient (Wildman–Crippen LogP) is 3.97. The van der Waals surface area contributed by atoms with Gasteiger partial charge in [-0.3, -0.25) is 9.69 Å². The lowest BCUT2D eigenvalue weighted by molar-refractivity contribution is -0.0186. The van der Waals surface area contributed by atoms with Gasteiger partial charge in [-0.2, -0.15) is 0 Å². The lowest BCUT2D eigenvalue weighted by Gasteiger charge is -2.34. The molecule has 42 heavy (non-hydrogen) atoms. The number of piperidine rings is 1. The molecule has 3 fully saturated rings. The van der Waals surface area contributed by atoms with Crippen LogP contribution in [0.5, 0.6) is 0 Å². The van der Waals surface area contributed by atoms with Gasteiger partial charge in [0.25, 0.3) is 5.91 Å². The Morgan fingerprint density at radius 3 is 2.50 bits per heavy atom. The zero-order valence-corrected chi connectivity index (χ0v) is 24.5. The van der Waals surface area contributed by atoms with Crippen LogP contribution in [0.25, 0.3) is 22.3 Å². The van der Waals surface area contributed by atoms with E-state index < -0.39 is 11.5 Å². The maximum atomic E-state index is 12.7. The van der Waals surface area contributed by atoms with E-state index in [1.54, 1.807) is 11.0 Å². The quantitative estimate of drug-likeness (QED) is 0.449. The molecule has 2 unspecified atom stereocenters. The number of likely N-dealkylation sites (tertiary alicyclic amines) is 1. The molecule has 1 aromatic carbocycles. The normalized spacial score (nSPS) is 22.7. The highest BCUT2D eigenvalue weighted by atomic mass is 16.6. The first-order valence-electron chi connectivity index (χ1n) is 14.8. The number of nitrogens with zero attached hydrogens (tertiary/aromatic N) is 5. The van der Waals surface area contributed by atoms with Crippen LogP contribution in [-0.2, 0) is 16.0 Å². The summed E-state index contributed by atoms with van der Waals surface area (Å²) in [5.41, 5.74) is 9.10. The van der Waals surface area contributed by atoms with E-state index in [1.807, 2.05) is 32.9 Å². The number of primary amides is 1. The second-order valence-electron chi connectivity index (χ2n) is 12.5. The Balaban J connectivity index is 1.25. The predicted molar refractivity (Wildman–Crippen MR) is 159 cm³/mol. The number of nitrogens with two attached hydrogens (primary N) is 1. The van der Waals surface area contributed by atoms with Gasteiger partial charge in [-0.1, -0.05) is 24.3 Å². The number of nitrogens with one attached hydrogen (secondary N) is 1. The number of morpholine rings is 1. The molecule has 0 radical (unpaired) electrons. The molecule has 3 aliphatic heterocycles. The summed E-state index contributed by atoms with van der Waals surface area (Å²) in [5.74, 6) is -0.0821. The molecule has 3 saturated heterocycles. The van der Waals surface area contributed by atoms with Gasteiger partial charge in [0.05, 0.1) is 24.5 Å². The Kier molecular flexibility index (Phi) is 7.71. The lowest BCUT2D eigenvalue weighted by Crippen LogP contribution is -2.47. The SMILES string of the molecule is CC(C)(C)OC(=O)N1CCC[C@H](Nc2ncnc3c(C(N)=O)cc(-c4ccc(CN5C6CCC5COC6)cc4)nc23)C1. The molecule has 3 aliphatic rings. The van der Waals surface area contributed by atoms with Crippen molar-refractivity contribution < 1.29 is 19.1 Å². The van der Waals surface area contributed by atoms with Crippen LogP contribution >= 0.6 is 0 Å². The van der Waals surface area contributed by atoms with Gasteiger partial charge in [0.1, 0.15) is 23.0 Å². The van der Waals surface area contributed by atoms with E-state index in [4.69, 9.17) is 20.2 Å². The van der Waals surface area contributed by atoms with Crippen LogP contribution < -0.4 is 11.1 Å². The number of amides is 2. The second-order valence-corrected chi connectivity index (χ2v) is 12.5. The average molecular weight is 574 g/mol. The van der Waals surface area contributed by atoms with Gasteiger partial charge in [-0.25, -0.2) is 19.7 Å². The third kappa shape index (κ3) is 6.03. The Morgan fingerprint density at radius 2 is 1.81 bits per heavy atom. The van der Waals surface area contributed by atoms with Crippen LogP contribution in [0.2, 0.25) is 0 Å². The molecule has 5 heterocycles. The maximum Gasteiger partial charge on any atom is 0.410 e. The number of hydrogen-bond donors (Lipinski definition) is 2. The molecule has 2 aromatic heterocycles. The van der Waals surface area contributed by atoms with Crippen molar-refractivity contribution in [3.63, 3.8) is 0 Å². The van der Waals surface area contributed by atoms with Gasteiger partial charge < -0.3 is 25.4 Å². The minimum Gasteiger partial charge on any atom is -0.444 e. The third-order valence-electron chi connectivity index (χ3n) is 8.28. The van der Waals surface area contributed by atoms with Crippen LogP contribution in [-0.4, -0.2) is 86.8 Å². The maximum absolute atomic E-state index is 12.7. The van der Waals surface area contributed by atoms with Crippen molar-refractivity contribution in [3.8, 4) is 11.3 Å². The fourth-order valence-electron chi connectivity index (χ4n) is 6.22. The number of rotatable bonds is 6. The number of fused-ring (bicyclic) bond motifs is 3. The Bertz CT molecular complexity index is 1460. The highest BCUT2D eigenvalue weighted by Gasteiger charge is 2.37. The van der Waals surface area contributed by atoms with E-state index in [2.05, 4.69) is 32.3 Å². The molecule has 3 aromatic rings. The average Bonchev–Trinajstić information content (AvgIpc) is 3.16. The van der Waals surface area contributed by atoms with Crippen molar-refractivity contribution in [1.29, 1.82) is 0 Å². The molecule has 6 rings (SSSR count). The molecule has 2 amide bonds. The van der Waals surface area contributed by atoms with Gasteiger partial charge >= 0.3 is 6.09 Å². The Hall–Kier alpha value is -3.83. The standard InChI is InChI=1S/C31H39N7O4/c1-31(2,3)42-30(40)37-12-4-5-21(15-37)35-29-27-26(33-18-34-29)24(28(32)39)13-25(36-27)20-8-6-19(7-9-20)14-38-22-10-11-23(38)17-41-16-22/h6-9,13,18,21-23H,4-5,10-12,14-17H2,1-3H3,(H2,32,39)(H,33,34,35)/t21-,22?,23?/m0/s1. The highest BCUT2D eigenvalue weighted by Crippen LogP contribution is 2.32. The van der Waals surface area contributed by atoms with Gasteiger partial charge in [0.15, 0.2) is 5.82 Å². The van der Waals surface area contributed by atoms with Crippen molar-refractivity contribution in [3.05, 3.63) is 47.8 Å². The summed E-state index contributed by atoms with van der Waals surface area (Å²) in [6, 6.07) is 10.9. The molecule has 11 nitrogen and oxygen atoms in total. The van der Waals surface area contributed by atoms with Crippen LogP contribution in [0.15, 0.2) is 36.7 Å². The monoisotopic (exact) mass is 573 g/mol. The fraction of sp³-hybridized carbons (Fsp3) is 0.516. The van der Waals surface area contributed by atoms with Gasteiger partial charge in [0.2, 0.25) is 0 Å². The first-order valence-corrected chi connectivity index (χ1v) is 14.8. The Morgan fingerprint density at radius 1 is 1.07 bits per heavy atom. The highest BCUT2D eigenvalue weighted by molar-refractivity contribution is 6.06. The van der Waals surface area contributed by atoms with Crippen molar-refractivity contribution in [2.45, 2.75) is 76.7 Å². The van der Waals surface area contributed by atoms with E-state index >= 15 is 0 Å². The molecule has 222 valence electrons. The molecule has 0 saturated carbocycles.